The lowest BCUT2D eigenvalue weighted by atomic mass is 9.97. The van der Waals surface area contributed by atoms with Gasteiger partial charge in [0, 0.05) is 20.0 Å². The number of rotatable bonds is 6. The smallest absolute Gasteiger partial charge is 0.222 e. The molecule has 116 valence electrons. The van der Waals surface area contributed by atoms with Gasteiger partial charge in [0.05, 0.1) is 7.11 Å². The minimum atomic E-state index is 0.240. The molecule has 1 fully saturated rings. The molecular formula is C17H26N2O2. The van der Waals surface area contributed by atoms with Gasteiger partial charge in [-0.2, -0.15) is 0 Å². The highest BCUT2D eigenvalue weighted by Gasteiger charge is 2.17. The SMILES string of the molecule is COc1ccc(CCC(=O)N(C)CC2CCNCC2)cc1. The minimum Gasteiger partial charge on any atom is -0.497 e. The van der Waals surface area contributed by atoms with E-state index in [1.807, 2.05) is 36.2 Å². The van der Waals surface area contributed by atoms with Gasteiger partial charge in [-0.1, -0.05) is 12.1 Å². The van der Waals surface area contributed by atoms with E-state index in [9.17, 15) is 4.79 Å². The number of nitrogens with one attached hydrogen (secondary N) is 1. The van der Waals surface area contributed by atoms with Crippen LogP contribution in [0.2, 0.25) is 0 Å². The molecule has 0 saturated carbocycles. The number of hydrogen-bond acceptors (Lipinski definition) is 3. The Labute approximate surface area is 127 Å². The molecule has 1 heterocycles. The molecule has 1 amide bonds. The zero-order valence-corrected chi connectivity index (χ0v) is 13.1. The van der Waals surface area contributed by atoms with Crippen molar-refractivity contribution in [2.75, 3.05) is 33.8 Å². The summed E-state index contributed by atoms with van der Waals surface area (Å²) < 4.78 is 5.14. The van der Waals surface area contributed by atoms with Crippen LogP contribution in [0.15, 0.2) is 24.3 Å². The first kappa shape index (κ1) is 15.8. The van der Waals surface area contributed by atoms with Gasteiger partial charge >= 0.3 is 0 Å². The summed E-state index contributed by atoms with van der Waals surface area (Å²) in [5, 5.41) is 3.36. The number of aryl methyl sites for hydroxylation is 1. The van der Waals surface area contributed by atoms with E-state index in [4.69, 9.17) is 4.74 Å². The van der Waals surface area contributed by atoms with Crippen molar-refractivity contribution in [3.05, 3.63) is 29.8 Å². The minimum absolute atomic E-state index is 0.240. The van der Waals surface area contributed by atoms with Crippen LogP contribution in [0.4, 0.5) is 0 Å². The standard InChI is InChI=1S/C17H26N2O2/c1-19(13-15-9-11-18-12-10-15)17(20)8-5-14-3-6-16(21-2)7-4-14/h3-4,6-7,15,18H,5,8-13H2,1-2H3. The van der Waals surface area contributed by atoms with E-state index in [-0.39, 0.29) is 5.91 Å². The Morgan fingerprint density at radius 1 is 1.29 bits per heavy atom. The van der Waals surface area contributed by atoms with E-state index >= 15 is 0 Å². The highest BCUT2D eigenvalue weighted by molar-refractivity contribution is 5.76. The average Bonchev–Trinajstić information content (AvgIpc) is 2.54. The topological polar surface area (TPSA) is 41.6 Å². The van der Waals surface area contributed by atoms with Crippen LogP contribution in [-0.2, 0) is 11.2 Å². The van der Waals surface area contributed by atoms with Crippen LogP contribution in [0, 0.1) is 5.92 Å². The summed E-state index contributed by atoms with van der Waals surface area (Å²) in [5.74, 6) is 1.75. The van der Waals surface area contributed by atoms with Gasteiger partial charge in [-0.3, -0.25) is 4.79 Å². The number of amides is 1. The number of carbonyl (C=O) groups is 1. The van der Waals surface area contributed by atoms with E-state index in [2.05, 4.69) is 5.32 Å². The molecule has 0 radical (unpaired) electrons. The van der Waals surface area contributed by atoms with E-state index in [1.54, 1.807) is 7.11 Å². The second kappa shape index (κ2) is 8.03. The van der Waals surface area contributed by atoms with Gasteiger partial charge in [0.1, 0.15) is 5.75 Å². The first-order valence-corrected chi connectivity index (χ1v) is 7.76. The third-order valence-electron chi connectivity index (χ3n) is 4.20. The zero-order valence-electron chi connectivity index (χ0n) is 13.1. The van der Waals surface area contributed by atoms with Gasteiger partial charge in [-0.25, -0.2) is 0 Å². The first-order valence-electron chi connectivity index (χ1n) is 7.76. The number of ether oxygens (including phenoxy) is 1. The van der Waals surface area contributed by atoms with E-state index in [0.717, 1.165) is 31.8 Å². The maximum atomic E-state index is 12.2. The summed E-state index contributed by atoms with van der Waals surface area (Å²) >= 11 is 0. The number of carbonyl (C=O) groups excluding carboxylic acids is 1. The van der Waals surface area contributed by atoms with Crippen LogP contribution >= 0.6 is 0 Å². The largest absolute Gasteiger partial charge is 0.497 e. The van der Waals surface area contributed by atoms with Gasteiger partial charge in [0.15, 0.2) is 0 Å². The van der Waals surface area contributed by atoms with Crippen molar-refractivity contribution >= 4 is 5.91 Å². The fourth-order valence-corrected chi connectivity index (χ4v) is 2.79. The van der Waals surface area contributed by atoms with Gasteiger partial charge in [0.25, 0.3) is 0 Å². The van der Waals surface area contributed by atoms with Gasteiger partial charge in [0.2, 0.25) is 5.91 Å². The Morgan fingerprint density at radius 3 is 2.57 bits per heavy atom. The summed E-state index contributed by atoms with van der Waals surface area (Å²) in [4.78, 5) is 14.1. The van der Waals surface area contributed by atoms with Crippen LogP contribution < -0.4 is 10.1 Å². The highest BCUT2D eigenvalue weighted by Crippen LogP contribution is 2.15. The number of hydrogen-bond donors (Lipinski definition) is 1. The maximum Gasteiger partial charge on any atom is 0.222 e. The summed E-state index contributed by atoms with van der Waals surface area (Å²) in [7, 11) is 3.59. The van der Waals surface area contributed by atoms with Crippen LogP contribution in [0.25, 0.3) is 0 Å². The molecule has 0 unspecified atom stereocenters. The Morgan fingerprint density at radius 2 is 1.95 bits per heavy atom. The van der Waals surface area contributed by atoms with E-state index in [1.165, 1.54) is 18.4 Å². The molecule has 0 aromatic heterocycles. The molecule has 0 aliphatic carbocycles. The van der Waals surface area contributed by atoms with Crippen molar-refractivity contribution in [2.24, 2.45) is 5.92 Å². The summed E-state index contributed by atoms with van der Waals surface area (Å²) in [6, 6.07) is 7.94. The monoisotopic (exact) mass is 290 g/mol. The predicted molar refractivity (Wildman–Crippen MR) is 84.5 cm³/mol. The Kier molecular flexibility index (Phi) is 6.05. The lowest BCUT2D eigenvalue weighted by Crippen LogP contribution is -2.37. The fourth-order valence-electron chi connectivity index (χ4n) is 2.79. The molecule has 2 rings (SSSR count). The molecule has 1 saturated heterocycles. The molecule has 1 aromatic carbocycles. The predicted octanol–water partition coefficient (Wildman–Crippen LogP) is 2.09. The third kappa shape index (κ3) is 5.05. The van der Waals surface area contributed by atoms with Crippen molar-refractivity contribution in [1.29, 1.82) is 0 Å². The third-order valence-corrected chi connectivity index (χ3v) is 4.20. The van der Waals surface area contributed by atoms with Gasteiger partial charge < -0.3 is 15.0 Å². The highest BCUT2D eigenvalue weighted by atomic mass is 16.5. The Hall–Kier alpha value is -1.55. The van der Waals surface area contributed by atoms with E-state index < -0.39 is 0 Å². The molecule has 4 nitrogen and oxygen atoms in total. The molecule has 1 aliphatic heterocycles. The fraction of sp³-hybridized carbons (Fsp3) is 0.588. The molecule has 1 aliphatic rings. The van der Waals surface area contributed by atoms with Crippen LogP contribution in [0.5, 0.6) is 5.75 Å². The number of methoxy groups -OCH3 is 1. The zero-order chi connectivity index (χ0) is 15.1. The maximum absolute atomic E-state index is 12.2. The quantitative estimate of drug-likeness (QED) is 0.872. The number of piperidine rings is 1. The average molecular weight is 290 g/mol. The molecular weight excluding hydrogens is 264 g/mol. The lowest BCUT2D eigenvalue weighted by Gasteiger charge is -2.27. The normalized spacial score (nSPS) is 15.7. The Balaban J connectivity index is 1.74. The van der Waals surface area contributed by atoms with Crippen LogP contribution in [-0.4, -0.2) is 44.6 Å². The second-order valence-corrected chi connectivity index (χ2v) is 5.82. The summed E-state index contributed by atoms with van der Waals surface area (Å²) in [6.07, 6.45) is 3.72. The van der Waals surface area contributed by atoms with Crippen LogP contribution in [0.3, 0.4) is 0 Å². The van der Waals surface area contributed by atoms with Crippen molar-refractivity contribution in [1.82, 2.24) is 10.2 Å². The second-order valence-electron chi connectivity index (χ2n) is 5.82. The van der Waals surface area contributed by atoms with Gasteiger partial charge in [-0.15, -0.1) is 0 Å². The molecule has 0 atom stereocenters. The summed E-state index contributed by atoms with van der Waals surface area (Å²) in [6.45, 7) is 3.06. The Bertz CT molecular complexity index is 439. The van der Waals surface area contributed by atoms with Crippen molar-refractivity contribution < 1.29 is 9.53 Å². The molecule has 1 N–H and O–H groups in total. The molecule has 21 heavy (non-hydrogen) atoms. The molecule has 0 spiro atoms. The summed E-state index contributed by atoms with van der Waals surface area (Å²) in [5.41, 5.74) is 1.18. The van der Waals surface area contributed by atoms with Gasteiger partial charge in [-0.05, 0) is 56.0 Å². The first-order chi connectivity index (χ1) is 10.2. The van der Waals surface area contributed by atoms with Crippen molar-refractivity contribution in [3.63, 3.8) is 0 Å². The number of nitrogens with zero attached hydrogens (tertiary/aromatic N) is 1. The molecule has 4 heteroatoms. The lowest BCUT2D eigenvalue weighted by molar-refractivity contribution is -0.130. The van der Waals surface area contributed by atoms with Crippen LogP contribution in [0.1, 0.15) is 24.8 Å². The van der Waals surface area contributed by atoms with E-state index in [0.29, 0.717) is 12.3 Å². The van der Waals surface area contributed by atoms with Crippen molar-refractivity contribution in [2.45, 2.75) is 25.7 Å². The van der Waals surface area contributed by atoms with Crippen molar-refractivity contribution in [3.8, 4) is 5.75 Å². The molecule has 1 aromatic rings. The number of benzene rings is 1. The molecule has 0 bridgehead atoms.